The minimum Gasteiger partial charge on any atom is -0.489 e. The second-order valence-corrected chi connectivity index (χ2v) is 6.96. The Balaban J connectivity index is 0.00000166. The monoisotopic (exact) mass is 421 g/mol. The number of likely N-dealkylation sites (N-methyl/N-ethyl adjacent to an activating group) is 1. The molecule has 1 aromatic heterocycles. The Bertz CT molecular complexity index is 999. The summed E-state index contributed by atoms with van der Waals surface area (Å²) < 4.78 is 5.71. The maximum atomic E-state index is 12.8. The summed E-state index contributed by atoms with van der Waals surface area (Å²) in [7, 11) is 1.60. The molecule has 2 amide bonds. The molecule has 0 radical (unpaired) electrons. The molecule has 0 unspecified atom stereocenters. The van der Waals surface area contributed by atoms with Crippen LogP contribution >= 0.6 is 0 Å². The van der Waals surface area contributed by atoms with Crippen LogP contribution in [0.15, 0.2) is 37.6 Å². The number of nitrogens with zero attached hydrogens (tertiary/aromatic N) is 4. The van der Waals surface area contributed by atoms with E-state index in [2.05, 4.69) is 35.4 Å². The number of carbonyl (C=O) groups is 2. The largest absolute Gasteiger partial charge is 0.489 e. The van der Waals surface area contributed by atoms with Crippen molar-refractivity contribution < 1.29 is 14.3 Å². The van der Waals surface area contributed by atoms with Crippen molar-refractivity contribution in [3.8, 4) is 11.8 Å². The molecule has 1 aliphatic rings. The fourth-order valence-electron chi connectivity index (χ4n) is 3.08. The number of anilines is 1. The second-order valence-electron chi connectivity index (χ2n) is 6.96. The molecule has 0 saturated carbocycles. The summed E-state index contributed by atoms with van der Waals surface area (Å²) in [6, 6.07) is 5.99. The van der Waals surface area contributed by atoms with E-state index in [1.807, 2.05) is 13.0 Å². The fraction of sp³-hybridized carbons (Fsp3) is 0.348. The van der Waals surface area contributed by atoms with Crippen molar-refractivity contribution in [3.05, 3.63) is 60.2 Å². The minimum atomic E-state index is -0.894. The number of hydrogen-bond acceptors (Lipinski definition) is 6. The summed E-state index contributed by atoms with van der Waals surface area (Å²) in [4.78, 5) is 35.4. The molecule has 1 aliphatic heterocycles. The molecule has 0 spiro atoms. The van der Waals surface area contributed by atoms with Gasteiger partial charge in [0.15, 0.2) is 0 Å². The van der Waals surface area contributed by atoms with E-state index >= 15 is 0 Å². The van der Waals surface area contributed by atoms with Gasteiger partial charge in [-0.25, -0.2) is 9.97 Å². The highest BCUT2D eigenvalue weighted by molar-refractivity contribution is 6.02. The van der Waals surface area contributed by atoms with Crippen molar-refractivity contribution in [3.63, 3.8) is 0 Å². The fourth-order valence-corrected chi connectivity index (χ4v) is 3.08. The SMILES string of the molecule is C=C.CCCCc1nc(C(=O)N[C@H]2COc3cc(C#N)ccc3N(C)C2=O)ncc1C. The predicted molar refractivity (Wildman–Crippen MR) is 118 cm³/mol. The zero-order chi connectivity index (χ0) is 23.0. The molecule has 2 heterocycles. The van der Waals surface area contributed by atoms with E-state index in [-0.39, 0.29) is 18.3 Å². The number of amides is 2. The van der Waals surface area contributed by atoms with E-state index < -0.39 is 11.9 Å². The van der Waals surface area contributed by atoms with Crippen LogP contribution in [0, 0.1) is 18.3 Å². The zero-order valence-corrected chi connectivity index (χ0v) is 18.1. The van der Waals surface area contributed by atoms with E-state index in [9.17, 15) is 9.59 Å². The van der Waals surface area contributed by atoms with Gasteiger partial charge in [0.05, 0.1) is 17.3 Å². The molecular weight excluding hydrogens is 394 g/mol. The molecular formula is C23H27N5O3. The van der Waals surface area contributed by atoms with E-state index in [0.717, 1.165) is 30.5 Å². The third-order valence-corrected chi connectivity index (χ3v) is 4.84. The van der Waals surface area contributed by atoms with Gasteiger partial charge in [-0.05, 0) is 37.5 Å². The van der Waals surface area contributed by atoms with Gasteiger partial charge in [-0.1, -0.05) is 13.3 Å². The summed E-state index contributed by atoms with van der Waals surface area (Å²) in [6.07, 6.45) is 4.40. The van der Waals surface area contributed by atoms with Crippen molar-refractivity contribution >= 4 is 17.5 Å². The highest BCUT2D eigenvalue weighted by Gasteiger charge is 2.31. The average Bonchev–Trinajstić information content (AvgIpc) is 2.91. The van der Waals surface area contributed by atoms with Crippen molar-refractivity contribution in [1.29, 1.82) is 5.26 Å². The minimum absolute atomic E-state index is 0.0330. The van der Waals surface area contributed by atoms with Crippen LogP contribution in [0.5, 0.6) is 5.75 Å². The summed E-state index contributed by atoms with van der Waals surface area (Å²) >= 11 is 0. The van der Waals surface area contributed by atoms with Gasteiger partial charge in [-0.3, -0.25) is 9.59 Å². The Hall–Kier alpha value is -3.73. The Morgan fingerprint density at radius 2 is 2.16 bits per heavy atom. The number of benzene rings is 1. The summed E-state index contributed by atoms with van der Waals surface area (Å²) in [5.41, 5.74) is 2.75. The van der Waals surface area contributed by atoms with Gasteiger partial charge in [0.25, 0.3) is 11.8 Å². The standard InChI is InChI=1S/C21H23N5O3.C2H4/c1-4-5-6-15-13(2)11-23-19(24-15)20(27)25-16-12-29-18-9-14(10-22)7-8-17(18)26(3)21(16)28;1-2/h7-9,11,16H,4-6,12H2,1-3H3,(H,25,27);1-2H2/t16-;/m0./s1. The van der Waals surface area contributed by atoms with Crippen LogP contribution in [0.3, 0.4) is 0 Å². The Morgan fingerprint density at radius 1 is 1.42 bits per heavy atom. The molecule has 3 rings (SSSR count). The first-order valence-corrected chi connectivity index (χ1v) is 10.0. The van der Waals surface area contributed by atoms with Crippen LogP contribution in [-0.2, 0) is 11.2 Å². The van der Waals surface area contributed by atoms with Gasteiger partial charge < -0.3 is 15.0 Å². The van der Waals surface area contributed by atoms with Crippen LogP contribution in [-0.4, -0.2) is 41.5 Å². The second kappa shape index (κ2) is 10.9. The van der Waals surface area contributed by atoms with Gasteiger partial charge in [0.1, 0.15) is 18.4 Å². The van der Waals surface area contributed by atoms with Gasteiger partial charge in [0.2, 0.25) is 5.82 Å². The number of hydrogen-bond donors (Lipinski definition) is 1. The molecule has 1 N–H and O–H groups in total. The summed E-state index contributed by atoms with van der Waals surface area (Å²) in [5, 5.41) is 11.7. The van der Waals surface area contributed by atoms with Crippen LogP contribution in [0.4, 0.5) is 5.69 Å². The first kappa shape index (κ1) is 23.5. The number of aryl methyl sites for hydroxylation is 2. The average molecular weight is 422 g/mol. The number of carbonyl (C=O) groups excluding carboxylic acids is 2. The maximum Gasteiger partial charge on any atom is 0.289 e. The number of unbranched alkanes of at least 4 members (excludes halogenated alkanes) is 1. The van der Waals surface area contributed by atoms with Gasteiger partial charge in [-0.15, -0.1) is 13.2 Å². The number of nitrogens with one attached hydrogen (secondary N) is 1. The number of nitriles is 1. The third-order valence-electron chi connectivity index (χ3n) is 4.84. The van der Waals surface area contributed by atoms with Crippen molar-refractivity contribution in [2.24, 2.45) is 0 Å². The predicted octanol–water partition coefficient (Wildman–Crippen LogP) is 2.96. The number of aromatic nitrogens is 2. The van der Waals surface area contributed by atoms with Gasteiger partial charge in [-0.2, -0.15) is 5.26 Å². The van der Waals surface area contributed by atoms with Crippen LogP contribution in [0.1, 0.15) is 47.2 Å². The molecule has 1 atom stereocenters. The van der Waals surface area contributed by atoms with Crippen molar-refractivity contribution in [2.45, 2.75) is 39.2 Å². The highest BCUT2D eigenvalue weighted by Crippen LogP contribution is 2.31. The molecule has 8 nitrogen and oxygen atoms in total. The van der Waals surface area contributed by atoms with Crippen LogP contribution in [0.25, 0.3) is 0 Å². The first-order chi connectivity index (χ1) is 14.9. The Labute approximate surface area is 182 Å². The van der Waals surface area contributed by atoms with Crippen LogP contribution in [0.2, 0.25) is 0 Å². The van der Waals surface area contributed by atoms with Crippen molar-refractivity contribution in [2.75, 3.05) is 18.6 Å². The highest BCUT2D eigenvalue weighted by atomic mass is 16.5. The normalized spacial score (nSPS) is 14.8. The molecule has 8 heteroatoms. The van der Waals surface area contributed by atoms with Gasteiger partial charge >= 0.3 is 0 Å². The molecule has 0 bridgehead atoms. The Morgan fingerprint density at radius 3 is 2.84 bits per heavy atom. The third kappa shape index (κ3) is 5.45. The molecule has 2 aromatic rings. The lowest BCUT2D eigenvalue weighted by Gasteiger charge is -2.20. The Kier molecular flexibility index (Phi) is 8.26. The molecule has 0 fully saturated rings. The number of fused-ring (bicyclic) bond motifs is 1. The van der Waals surface area contributed by atoms with E-state index in [0.29, 0.717) is 17.0 Å². The lowest BCUT2D eigenvalue weighted by Crippen LogP contribution is -2.49. The molecule has 162 valence electrons. The zero-order valence-electron chi connectivity index (χ0n) is 18.1. The smallest absolute Gasteiger partial charge is 0.289 e. The lowest BCUT2D eigenvalue weighted by molar-refractivity contribution is -0.120. The van der Waals surface area contributed by atoms with Crippen molar-refractivity contribution in [1.82, 2.24) is 15.3 Å². The van der Waals surface area contributed by atoms with E-state index in [1.54, 1.807) is 31.4 Å². The number of ether oxygens (including phenoxy) is 1. The number of rotatable bonds is 5. The van der Waals surface area contributed by atoms with E-state index in [1.165, 1.54) is 4.90 Å². The lowest BCUT2D eigenvalue weighted by atomic mass is 10.1. The molecule has 0 aliphatic carbocycles. The summed E-state index contributed by atoms with van der Waals surface area (Å²) in [5.74, 6) is -0.391. The summed E-state index contributed by atoms with van der Waals surface area (Å²) in [6.45, 7) is 9.96. The first-order valence-electron chi connectivity index (χ1n) is 10.0. The van der Waals surface area contributed by atoms with Crippen LogP contribution < -0.4 is 15.0 Å². The van der Waals surface area contributed by atoms with E-state index in [4.69, 9.17) is 10.00 Å². The molecule has 1 aromatic carbocycles. The molecule has 31 heavy (non-hydrogen) atoms. The topological polar surface area (TPSA) is 108 Å². The maximum absolute atomic E-state index is 12.8. The quantitative estimate of drug-likeness (QED) is 0.744. The van der Waals surface area contributed by atoms with Gasteiger partial charge in [0, 0.05) is 25.0 Å². The molecule has 0 saturated heterocycles.